The zero-order valence-corrected chi connectivity index (χ0v) is 8.94. The van der Waals surface area contributed by atoms with E-state index in [0.29, 0.717) is 0 Å². The molecule has 1 aromatic carbocycles. The van der Waals surface area contributed by atoms with Crippen LogP contribution in [-0.4, -0.2) is 19.3 Å². The predicted octanol–water partition coefficient (Wildman–Crippen LogP) is 1.82. The van der Waals surface area contributed by atoms with Crippen LogP contribution in [0.3, 0.4) is 0 Å². The number of para-hydroxylation sites is 1. The van der Waals surface area contributed by atoms with Crippen molar-refractivity contribution in [3.8, 4) is 0 Å². The van der Waals surface area contributed by atoms with Gasteiger partial charge >= 0.3 is 0 Å². The highest BCUT2D eigenvalue weighted by molar-refractivity contribution is 5.87. The van der Waals surface area contributed by atoms with E-state index in [9.17, 15) is 0 Å². The highest BCUT2D eigenvalue weighted by Gasteiger charge is 2.08. The lowest BCUT2D eigenvalue weighted by Crippen LogP contribution is -2.38. The van der Waals surface area contributed by atoms with Crippen LogP contribution in [0.15, 0.2) is 29.3 Å². The molecular weight excluding hydrogens is 174 g/mol. The first-order valence-electron chi connectivity index (χ1n) is 4.72. The molecule has 0 bridgehead atoms. The van der Waals surface area contributed by atoms with Crippen molar-refractivity contribution >= 4 is 11.9 Å². The van der Waals surface area contributed by atoms with Gasteiger partial charge in [0.15, 0.2) is 0 Å². The SMILES string of the molecule is C/N=C\c1ccccc1N(N)C(C)C. The molecule has 0 saturated carbocycles. The number of anilines is 1. The first kappa shape index (κ1) is 10.7. The second-order valence-electron chi connectivity index (χ2n) is 3.45. The minimum Gasteiger partial charge on any atom is -0.308 e. The fourth-order valence-corrected chi connectivity index (χ4v) is 1.25. The van der Waals surface area contributed by atoms with Crippen LogP contribution in [0.25, 0.3) is 0 Å². The number of aliphatic imine (C=N–C) groups is 1. The standard InChI is InChI=1S/C11H17N3/c1-9(2)14(12)11-7-5-4-6-10(11)8-13-3/h4-9H,12H2,1-3H3/b13-8-. The molecule has 0 saturated heterocycles. The third-order valence-corrected chi connectivity index (χ3v) is 2.04. The topological polar surface area (TPSA) is 41.6 Å². The lowest BCUT2D eigenvalue weighted by Gasteiger charge is -2.24. The Morgan fingerprint density at radius 2 is 2.00 bits per heavy atom. The van der Waals surface area contributed by atoms with E-state index in [0.717, 1.165) is 11.3 Å². The van der Waals surface area contributed by atoms with Crippen LogP contribution in [0.4, 0.5) is 5.69 Å². The van der Waals surface area contributed by atoms with Gasteiger partial charge in [0.2, 0.25) is 0 Å². The molecule has 0 spiro atoms. The smallest absolute Gasteiger partial charge is 0.0607 e. The Bertz CT molecular complexity index is 318. The van der Waals surface area contributed by atoms with Crippen LogP contribution < -0.4 is 10.9 Å². The molecular formula is C11H17N3. The second kappa shape index (κ2) is 4.77. The normalized spacial score (nSPS) is 11.2. The number of hydrogen-bond acceptors (Lipinski definition) is 3. The minimum absolute atomic E-state index is 0.279. The number of rotatable bonds is 3. The van der Waals surface area contributed by atoms with Crippen LogP contribution in [-0.2, 0) is 0 Å². The Labute approximate surface area is 85.2 Å². The van der Waals surface area contributed by atoms with Crippen molar-refractivity contribution in [2.75, 3.05) is 12.1 Å². The average Bonchev–Trinajstić information content (AvgIpc) is 2.18. The molecule has 0 unspecified atom stereocenters. The number of benzene rings is 1. The molecule has 0 aliphatic rings. The summed E-state index contributed by atoms with van der Waals surface area (Å²) < 4.78 is 0. The summed E-state index contributed by atoms with van der Waals surface area (Å²) >= 11 is 0. The summed E-state index contributed by atoms with van der Waals surface area (Å²) in [5, 5.41) is 1.75. The first-order chi connectivity index (χ1) is 6.66. The molecule has 14 heavy (non-hydrogen) atoms. The largest absolute Gasteiger partial charge is 0.308 e. The fraction of sp³-hybridized carbons (Fsp3) is 0.364. The third-order valence-electron chi connectivity index (χ3n) is 2.04. The zero-order valence-electron chi connectivity index (χ0n) is 8.94. The summed E-state index contributed by atoms with van der Waals surface area (Å²) in [6.07, 6.45) is 1.82. The molecule has 0 radical (unpaired) electrons. The van der Waals surface area contributed by atoms with E-state index in [-0.39, 0.29) is 6.04 Å². The molecule has 0 amide bonds. The lowest BCUT2D eigenvalue weighted by atomic mass is 10.1. The molecule has 2 N–H and O–H groups in total. The quantitative estimate of drug-likeness (QED) is 0.450. The molecule has 3 nitrogen and oxygen atoms in total. The molecule has 76 valence electrons. The van der Waals surface area contributed by atoms with Crippen molar-refractivity contribution in [3.05, 3.63) is 29.8 Å². The maximum atomic E-state index is 5.94. The van der Waals surface area contributed by atoms with Gasteiger partial charge in [-0.15, -0.1) is 0 Å². The van der Waals surface area contributed by atoms with E-state index < -0.39 is 0 Å². The molecule has 0 atom stereocenters. The maximum Gasteiger partial charge on any atom is 0.0607 e. The van der Waals surface area contributed by atoms with Gasteiger partial charge in [0.1, 0.15) is 0 Å². The summed E-state index contributed by atoms with van der Waals surface area (Å²) in [5.41, 5.74) is 2.05. The number of hydrazine groups is 1. The number of nitrogens with two attached hydrogens (primary N) is 1. The van der Waals surface area contributed by atoms with Crippen molar-refractivity contribution in [1.82, 2.24) is 0 Å². The predicted molar refractivity (Wildman–Crippen MR) is 61.8 cm³/mol. The molecule has 0 aromatic heterocycles. The molecule has 1 aromatic rings. The Hall–Kier alpha value is -1.35. The van der Waals surface area contributed by atoms with Crippen molar-refractivity contribution in [2.45, 2.75) is 19.9 Å². The zero-order chi connectivity index (χ0) is 10.6. The molecule has 0 fully saturated rings. The summed E-state index contributed by atoms with van der Waals surface area (Å²) in [4.78, 5) is 4.00. The summed E-state index contributed by atoms with van der Waals surface area (Å²) in [7, 11) is 1.76. The van der Waals surface area contributed by atoms with E-state index in [4.69, 9.17) is 5.84 Å². The minimum atomic E-state index is 0.279. The van der Waals surface area contributed by atoms with Gasteiger partial charge in [0, 0.05) is 24.9 Å². The van der Waals surface area contributed by atoms with E-state index in [1.165, 1.54) is 0 Å². The summed E-state index contributed by atoms with van der Waals surface area (Å²) in [5.74, 6) is 5.94. The Kier molecular flexibility index (Phi) is 3.65. The third kappa shape index (κ3) is 2.33. The Balaban J connectivity index is 3.06. The molecule has 0 heterocycles. The van der Waals surface area contributed by atoms with Gasteiger partial charge in [-0.05, 0) is 19.9 Å². The Morgan fingerprint density at radius 3 is 2.57 bits per heavy atom. The van der Waals surface area contributed by atoms with E-state index in [1.807, 2.05) is 30.5 Å². The van der Waals surface area contributed by atoms with Crippen molar-refractivity contribution in [2.24, 2.45) is 10.8 Å². The van der Waals surface area contributed by atoms with Crippen molar-refractivity contribution in [1.29, 1.82) is 0 Å². The van der Waals surface area contributed by atoms with E-state index in [2.05, 4.69) is 18.8 Å². The second-order valence-corrected chi connectivity index (χ2v) is 3.45. The molecule has 0 aliphatic heterocycles. The summed E-state index contributed by atoms with van der Waals surface area (Å²) in [6.45, 7) is 4.11. The van der Waals surface area contributed by atoms with E-state index in [1.54, 1.807) is 12.1 Å². The van der Waals surface area contributed by atoms with Crippen LogP contribution in [0.5, 0.6) is 0 Å². The van der Waals surface area contributed by atoms with Gasteiger partial charge in [-0.2, -0.15) is 0 Å². The first-order valence-corrected chi connectivity index (χ1v) is 4.72. The van der Waals surface area contributed by atoms with Gasteiger partial charge in [0.25, 0.3) is 0 Å². The van der Waals surface area contributed by atoms with Gasteiger partial charge in [0.05, 0.1) is 5.69 Å². The van der Waals surface area contributed by atoms with Crippen LogP contribution >= 0.6 is 0 Å². The molecule has 0 aliphatic carbocycles. The van der Waals surface area contributed by atoms with Crippen molar-refractivity contribution < 1.29 is 0 Å². The highest BCUT2D eigenvalue weighted by Crippen LogP contribution is 2.17. The number of nitrogens with zero attached hydrogens (tertiary/aromatic N) is 2. The van der Waals surface area contributed by atoms with Gasteiger partial charge < -0.3 is 5.01 Å². The molecule has 1 rings (SSSR count). The monoisotopic (exact) mass is 191 g/mol. The number of hydrogen-bond donors (Lipinski definition) is 1. The maximum absolute atomic E-state index is 5.94. The highest BCUT2D eigenvalue weighted by atomic mass is 15.4. The van der Waals surface area contributed by atoms with Gasteiger partial charge in [-0.25, -0.2) is 5.84 Å². The summed E-state index contributed by atoms with van der Waals surface area (Å²) in [6, 6.07) is 8.24. The van der Waals surface area contributed by atoms with Crippen LogP contribution in [0.2, 0.25) is 0 Å². The van der Waals surface area contributed by atoms with Gasteiger partial charge in [-0.1, -0.05) is 18.2 Å². The van der Waals surface area contributed by atoms with Crippen LogP contribution in [0.1, 0.15) is 19.4 Å². The van der Waals surface area contributed by atoms with Crippen molar-refractivity contribution in [3.63, 3.8) is 0 Å². The molecule has 3 heteroatoms. The van der Waals surface area contributed by atoms with Gasteiger partial charge in [-0.3, -0.25) is 4.99 Å². The van der Waals surface area contributed by atoms with E-state index >= 15 is 0 Å². The van der Waals surface area contributed by atoms with Crippen LogP contribution in [0, 0.1) is 0 Å². The lowest BCUT2D eigenvalue weighted by molar-refractivity contribution is 0.711. The Morgan fingerprint density at radius 1 is 1.36 bits per heavy atom. The fourth-order valence-electron chi connectivity index (χ4n) is 1.25. The average molecular weight is 191 g/mol.